The number of rotatable bonds is 4. The highest BCUT2D eigenvalue weighted by atomic mass is 16.1. The highest BCUT2D eigenvalue weighted by Crippen LogP contribution is 2.28. The Labute approximate surface area is 112 Å². The first kappa shape index (κ1) is 12.2. The third-order valence-electron chi connectivity index (χ3n) is 3.98. The number of carbonyl (C=O) groups excluding carboxylic acids is 1. The van der Waals surface area contributed by atoms with Crippen LogP contribution >= 0.6 is 0 Å². The summed E-state index contributed by atoms with van der Waals surface area (Å²) in [6.07, 6.45) is 8.70. The van der Waals surface area contributed by atoms with Gasteiger partial charge in [0.25, 0.3) is 0 Å². The second-order valence-corrected chi connectivity index (χ2v) is 5.41. The van der Waals surface area contributed by atoms with Crippen LogP contribution in [0.2, 0.25) is 0 Å². The third-order valence-corrected chi connectivity index (χ3v) is 3.98. The van der Waals surface area contributed by atoms with E-state index in [1.165, 1.54) is 25.7 Å². The maximum absolute atomic E-state index is 11.9. The fourth-order valence-electron chi connectivity index (χ4n) is 2.88. The molecule has 0 unspecified atom stereocenters. The lowest BCUT2D eigenvalue weighted by Crippen LogP contribution is -2.12. The summed E-state index contributed by atoms with van der Waals surface area (Å²) in [6.45, 7) is 0. The van der Waals surface area contributed by atoms with Gasteiger partial charge in [-0.2, -0.15) is 5.10 Å². The Morgan fingerprint density at radius 2 is 2.21 bits per heavy atom. The summed E-state index contributed by atoms with van der Waals surface area (Å²) in [7, 11) is 0. The van der Waals surface area contributed by atoms with E-state index in [0.717, 1.165) is 28.9 Å². The zero-order chi connectivity index (χ0) is 13.1. The van der Waals surface area contributed by atoms with Gasteiger partial charge in [0.1, 0.15) is 0 Å². The van der Waals surface area contributed by atoms with E-state index in [9.17, 15) is 4.79 Å². The van der Waals surface area contributed by atoms with Gasteiger partial charge in [-0.1, -0.05) is 25.7 Å². The van der Waals surface area contributed by atoms with Crippen molar-refractivity contribution in [3.8, 4) is 0 Å². The number of carbonyl (C=O) groups is 1. The van der Waals surface area contributed by atoms with Gasteiger partial charge in [0.2, 0.25) is 5.91 Å². The van der Waals surface area contributed by atoms with E-state index in [-0.39, 0.29) is 5.91 Å². The lowest BCUT2D eigenvalue weighted by Gasteiger charge is -2.09. The number of hydrogen-bond acceptors (Lipinski definition) is 2. The molecule has 3 rings (SSSR count). The molecule has 4 heteroatoms. The maximum atomic E-state index is 11.9. The maximum Gasteiger partial charge on any atom is 0.224 e. The summed E-state index contributed by atoms with van der Waals surface area (Å²) in [5.41, 5.74) is 1.84. The number of amides is 1. The standard InChI is InChI=1S/C15H19N3O/c19-15(8-5-11-3-1-2-4-11)17-13-6-7-14-12(9-13)10-16-18-14/h6-7,9-11H,1-5,8H2,(H,16,18)(H,17,19). The summed E-state index contributed by atoms with van der Waals surface area (Å²) in [5.74, 6) is 0.886. The minimum Gasteiger partial charge on any atom is -0.326 e. The predicted molar refractivity (Wildman–Crippen MR) is 75.9 cm³/mol. The van der Waals surface area contributed by atoms with Gasteiger partial charge < -0.3 is 5.32 Å². The van der Waals surface area contributed by atoms with E-state index in [1.54, 1.807) is 6.20 Å². The molecule has 0 aliphatic heterocycles. The average Bonchev–Trinajstić information content (AvgIpc) is 3.07. The quantitative estimate of drug-likeness (QED) is 0.881. The Morgan fingerprint density at radius 3 is 3.05 bits per heavy atom. The van der Waals surface area contributed by atoms with Crippen molar-refractivity contribution >= 4 is 22.5 Å². The number of H-pyrrole nitrogens is 1. The van der Waals surface area contributed by atoms with E-state index >= 15 is 0 Å². The SMILES string of the molecule is O=C(CCC1CCCC1)Nc1ccc2[nH]ncc2c1. The summed E-state index contributed by atoms with van der Waals surface area (Å²) >= 11 is 0. The molecular formula is C15H19N3O. The molecule has 1 aromatic heterocycles. The Morgan fingerprint density at radius 1 is 1.37 bits per heavy atom. The van der Waals surface area contributed by atoms with Crippen molar-refractivity contribution in [3.05, 3.63) is 24.4 Å². The number of aromatic nitrogens is 2. The first-order valence-corrected chi connectivity index (χ1v) is 7.04. The molecule has 4 nitrogen and oxygen atoms in total. The lowest BCUT2D eigenvalue weighted by molar-refractivity contribution is -0.116. The van der Waals surface area contributed by atoms with Crippen molar-refractivity contribution in [2.24, 2.45) is 5.92 Å². The molecule has 2 aromatic rings. The molecule has 100 valence electrons. The van der Waals surface area contributed by atoms with Gasteiger partial charge in [0, 0.05) is 17.5 Å². The van der Waals surface area contributed by atoms with Gasteiger partial charge in [-0.3, -0.25) is 9.89 Å². The van der Waals surface area contributed by atoms with Crippen LogP contribution < -0.4 is 5.32 Å². The molecular weight excluding hydrogens is 238 g/mol. The second kappa shape index (κ2) is 5.43. The summed E-state index contributed by atoms with van der Waals surface area (Å²) in [5, 5.41) is 10.9. The second-order valence-electron chi connectivity index (χ2n) is 5.41. The van der Waals surface area contributed by atoms with Gasteiger partial charge in [0.05, 0.1) is 11.7 Å². The Bertz CT molecular complexity index is 570. The summed E-state index contributed by atoms with van der Waals surface area (Å²) in [6, 6.07) is 5.80. The first-order valence-electron chi connectivity index (χ1n) is 7.04. The van der Waals surface area contributed by atoms with Crippen LogP contribution in [0.1, 0.15) is 38.5 Å². The predicted octanol–water partition coefficient (Wildman–Crippen LogP) is 3.47. The van der Waals surface area contributed by atoms with Crippen LogP contribution in [0.3, 0.4) is 0 Å². The van der Waals surface area contributed by atoms with Crippen LogP contribution in [0.5, 0.6) is 0 Å². The van der Waals surface area contributed by atoms with Crippen LogP contribution in [0.25, 0.3) is 10.9 Å². The van der Waals surface area contributed by atoms with Crippen LogP contribution in [0.4, 0.5) is 5.69 Å². The molecule has 1 amide bonds. The van der Waals surface area contributed by atoms with Gasteiger partial charge in [0.15, 0.2) is 0 Å². The average molecular weight is 257 g/mol. The minimum absolute atomic E-state index is 0.120. The molecule has 1 aliphatic rings. The molecule has 0 bridgehead atoms. The largest absolute Gasteiger partial charge is 0.326 e. The van der Waals surface area contributed by atoms with E-state index < -0.39 is 0 Å². The molecule has 0 radical (unpaired) electrons. The first-order chi connectivity index (χ1) is 9.31. The fraction of sp³-hybridized carbons (Fsp3) is 0.467. The Hall–Kier alpha value is -1.84. The lowest BCUT2D eigenvalue weighted by atomic mass is 10.0. The highest BCUT2D eigenvalue weighted by Gasteiger charge is 2.16. The summed E-state index contributed by atoms with van der Waals surface area (Å²) in [4.78, 5) is 11.9. The fourth-order valence-corrected chi connectivity index (χ4v) is 2.88. The molecule has 1 saturated carbocycles. The van der Waals surface area contributed by atoms with Crippen LogP contribution in [0.15, 0.2) is 24.4 Å². The number of nitrogens with one attached hydrogen (secondary N) is 2. The van der Waals surface area contributed by atoms with Crippen LogP contribution in [-0.2, 0) is 4.79 Å². The molecule has 2 N–H and O–H groups in total. The normalized spacial score (nSPS) is 16.0. The van der Waals surface area contributed by atoms with Crippen molar-refractivity contribution < 1.29 is 4.79 Å². The molecule has 0 atom stereocenters. The number of hydrogen-bond donors (Lipinski definition) is 2. The molecule has 1 fully saturated rings. The van der Waals surface area contributed by atoms with Crippen molar-refractivity contribution in [3.63, 3.8) is 0 Å². The summed E-state index contributed by atoms with van der Waals surface area (Å²) < 4.78 is 0. The van der Waals surface area contributed by atoms with E-state index in [4.69, 9.17) is 0 Å². The Balaban J connectivity index is 1.55. The van der Waals surface area contributed by atoms with E-state index in [0.29, 0.717) is 6.42 Å². The number of anilines is 1. The minimum atomic E-state index is 0.120. The van der Waals surface area contributed by atoms with Gasteiger partial charge in [-0.15, -0.1) is 0 Å². The van der Waals surface area contributed by atoms with Crippen molar-refractivity contribution in [1.82, 2.24) is 10.2 Å². The van der Waals surface area contributed by atoms with Gasteiger partial charge in [-0.25, -0.2) is 0 Å². The highest BCUT2D eigenvalue weighted by molar-refractivity contribution is 5.93. The molecule has 0 saturated heterocycles. The zero-order valence-electron chi connectivity index (χ0n) is 11.0. The Kier molecular flexibility index (Phi) is 3.49. The zero-order valence-corrected chi connectivity index (χ0v) is 11.0. The van der Waals surface area contributed by atoms with Crippen LogP contribution in [0, 0.1) is 5.92 Å². The number of benzene rings is 1. The number of fused-ring (bicyclic) bond motifs is 1. The van der Waals surface area contributed by atoms with Crippen molar-refractivity contribution in [2.45, 2.75) is 38.5 Å². The van der Waals surface area contributed by atoms with E-state index in [2.05, 4.69) is 15.5 Å². The number of nitrogens with zero attached hydrogens (tertiary/aromatic N) is 1. The van der Waals surface area contributed by atoms with Crippen molar-refractivity contribution in [2.75, 3.05) is 5.32 Å². The third kappa shape index (κ3) is 2.95. The molecule has 19 heavy (non-hydrogen) atoms. The van der Waals surface area contributed by atoms with Gasteiger partial charge >= 0.3 is 0 Å². The molecule has 0 spiro atoms. The van der Waals surface area contributed by atoms with Crippen molar-refractivity contribution in [1.29, 1.82) is 0 Å². The number of aromatic amines is 1. The topological polar surface area (TPSA) is 57.8 Å². The smallest absolute Gasteiger partial charge is 0.224 e. The molecule has 1 aliphatic carbocycles. The molecule has 1 aromatic carbocycles. The monoisotopic (exact) mass is 257 g/mol. The van der Waals surface area contributed by atoms with Crippen LogP contribution in [-0.4, -0.2) is 16.1 Å². The molecule has 1 heterocycles. The van der Waals surface area contributed by atoms with E-state index in [1.807, 2.05) is 18.2 Å². The van der Waals surface area contributed by atoms with Gasteiger partial charge in [-0.05, 0) is 30.5 Å².